The zero-order valence-corrected chi connectivity index (χ0v) is 10.3. The van der Waals surface area contributed by atoms with Gasteiger partial charge in [0, 0.05) is 13.1 Å². The van der Waals surface area contributed by atoms with Crippen LogP contribution in [0.2, 0.25) is 0 Å². The van der Waals surface area contributed by atoms with Crippen LogP contribution in [0.1, 0.15) is 43.2 Å². The van der Waals surface area contributed by atoms with Crippen molar-refractivity contribution in [3.8, 4) is 0 Å². The van der Waals surface area contributed by atoms with Gasteiger partial charge in [-0.15, -0.1) is 0 Å². The summed E-state index contributed by atoms with van der Waals surface area (Å²) in [6.07, 6.45) is 2.56. The summed E-state index contributed by atoms with van der Waals surface area (Å²) in [7, 11) is 2.10. The van der Waals surface area contributed by atoms with E-state index in [9.17, 15) is 5.11 Å². The smallest absolute Gasteiger partial charge is 0.185 e. The lowest BCUT2D eigenvalue weighted by Crippen LogP contribution is -2.19. The van der Waals surface area contributed by atoms with Crippen molar-refractivity contribution in [2.45, 2.75) is 45.3 Å². The standard InChI is InChI=1S/C11H18N2OS/c1-7(2)10-9(6-14)15-11(12-10)13(3)8-4-5-8/h7-8,14H,4-6H2,1-3H3. The molecule has 1 N–H and O–H groups in total. The van der Waals surface area contributed by atoms with E-state index >= 15 is 0 Å². The van der Waals surface area contributed by atoms with Crippen molar-refractivity contribution in [3.63, 3.8) is 0 Å². The van der Waals surface area contributed by atoms with Crippen molar-refractivity contribution >= 4 is 16.5 Å². The van der Waals surface area contributed by atoms with E-state index in [0.717, 1.165) is 15.7 Å². The molecule has 1 fully saturated rings. The summed E-state index contributed by atoms with van der Waals surface area (Å²) in [6, 6.07) is 0.683. The van der Waals surface area contributed by atoms with Crippen LogP contribution in [-0.2, 0) is 6.61 Å². The summed E-state index contributed by atoms with van der Waals surface area (Å²) >= 11 is 1.63. The Morgan fingerprint density at radius 1 is 1.53 bits per heavy atom. The molecule has 0 unspecified atom stereocenters. The fourth-order valence-corrected chi connectivity index (χ4v) is 2.79. The number of aliphatic hydroxyl groups excluding tert-OH is 1. The lowest BCUT2D eigenvalue weighted by Gasteiger charge is -2.13. The van der Waals surface area contributed by atoms with Crippen molar-refractivity contribution in [2.24, 2.45) is 0 Å². The number of hydrogen-bond acceptors (Lipinski definition) is 4. The van der Waals surface area contributed by atoms with E-state index in [0.29, 0.717) is 12.0 Å². The third-order valence-electron chi connectivity index (χ3n) is 2.80. The SMILES string of the molecule is CC(C)c1nc(N(C)C2CC2)sc1CO. The van der Waals surface area contributed by atoms with Crippen molar-refractivity contribution in [1.29, 1.82) is 0 Å². The topological polar surface area (TPSA) is 36.4 Å². The second-order valence-corrected chi connectivity index (χ2v) is 5.52. The Balaban J connectivity index is 2.24. The maximum atomic E-state index is 9.27. The Morgan fingerprint density at radius 3 is 2.60 bits per heavy atom. The molecular formula is C11H18N2OS. The highest BCUT2D eigenvalue weighted by Gasteiger charge is 2.29. The number of hydrogen-bond donors (Lipinski definition) is 1. The molecule has 1 aromatic heterocycles. The van der Waals surface area contributed by atoms with Gasteiger partial charge < -0.3 is 10.0 Å². The normalized spacial score (nSPS) is 16.1. The Morgan fingerprint density at radius 2 is 2.20 bits per heavy atom. The summed E-state index contributed by atoms with van der Waals surface area (Å²) in [5, 5.41) is 10.3. The molecular weight excluding hydrogens is 208 g/mol. The first-order chi connectivity index (χ1) is 7.13. The number of thiazole rings is 1. The predicted octanol–water partition coefficient (Wildman–Crippen LogP) is 2.36. The van der Waals surface area contributed by atoms with Gasteiger partial charge in [-0.05, 0) is 18.8 Å². The zero-order chi connectivity index (χ0) is 11.0. The molecule has 1 aliphatic rings. The Kier molecular flexibility index (Phi) is 2.98. The number of nitrogens with zero attached hydrogens (tertiary/aromatic N) is 2. The van der Waals surface area contributed by atoms with Gasteiger partial charge in [-0.25, -0.2) is 4.98 Å². The minimum Gasteiger partial charge on any atom is -0.391 e. The molecule has 1 aromatic rings. The number of rotatable bonds is 4. The highest BCUT2D eigenvalue weighted by atomic mass is 32.1. The minimum atomic E-state index is 0.115. The molecule has 0 aromatic carbocycles. The molecule has 84 valence electrons. The van der Waals surface area contributed by atoms with E-state index in [1.807, 2.05) is 0 Å². The Labute approximate surface area is 94.8 Å². The van der Waals surface area contributed by atoms with E-state index in [1.54, 1.807) is 11.3 Å². The van der Waals surface area contributed by atoms with E-state index in [4.69, 9.17) is 0 Å². The second-order valence-electron chi connectivity index (χ2n) is 4.46. The fourth-order valence-electron chi connectivity index (χ4n) is 1.68. The molecule has 0 atom stereocenters. The molecule has 1 saturated carbocycles. The monoisotopic (exact) mass is 226 g/mol. The molecule has 0 bridgehead atoms. The Hall–Kier alpha value is -0.610. The largest absolute Gasteiger partial charge is 0.391 e. The number of anilines is 1. The lowest BCUT2D eigenvalue weighted by molar-refractivity contribution is 0.283. The van der Waals surface area contributed by atoms with Crippen molar-refractivity contribution in [3.05, 3.63) is 10.6 Å². The molecule has 0 spiro atoms. The van der Waals surface area contributed by atoms with E-state index in [-0.39, 0.29) is 6.61 Å². The summed E-state index contributed by atoms with van der Waals surface area (Å²) in [5.74, 6) is 0.393. The average molecular weight is 226 g/mol. The maximum absolute atomic E-state index is 9.27. The van der Waals surface area contributed by atoms with Gasteiger partial charge in [-0.3, -0.25) is 0 Å². The van der Waals surface area contributed by atoms with E-state index in [2.05, 4.69) is 30.8 Å². The van der Waals surface area contributed by atoms with Crippen molar-refractivity contribution < 1.29 is 5.11 Å². The van der Waals surface area contributed by atoms with Crippen LogP contribution in [0, 0.1) is 0 Å². The third kappa shape index (κ3) is 2.16. The highest BCUT2D eigenvalue weighted by molar-refractivity contribution is 7.15. The minimum absolute atomic E-state index is 0.115. The summed E-state index contributed by atoms with van der Waals surface area (Å²) < 4.78 is 0. The molecule has 4 heteroatoms. The van der Waals surface area contributed by atoms with Gasteiger partial charge in [0.1, 0.15) is 0 Å². The average Bonchev–Trinajstić information content (AvgIpc) is 2.95. The van der Waals surface area contributed by atoms with E-state index < -0.39 is 0 Å². The van der Waals surface area contributed by atoms with Gasteiger partial charge in [0.2, 0.25) is 0 Å². The summed E-state index contributed by atoms with van der Waals surface area (Å²) in [6.45, 7) is 4.36. The molecule has 3 nitrogen and oxygen atoms in total. The first-order valence-electron chi connectivity index (χ1n) is 5.46. The van der Waals surface area contributed by atoms with Gasteiger partial charge in [-0.1, -0.05) is 25.2 Å². The summed E-state index contributed by atoms with van der Waals surface area (Å²) in [4.78, 5) is 7.89. The molecule has 0 saturated heterocycles. The zero-order valence-electron chi connectivity index (χ0n) is 9.53. The quantitative estimate of drug-likeness (QED) is 0.856. The number of aliphatic hydroxyl groups is 1. The van der Waals surface area contributed by atoms with Crippen LogP contribution in [-0.4, -0.2) is 23.2 Å². The highest BCUT2D eigenvalue weighted by Crippen LogP contribution is 2.35. The van der Waals surface area contributed by atoms with Crippen LogP contribution in [0.15, 0.2) is 0 Å². The van der Waals surface area contributed by atoms with Crippen LogP contribution >= 0.6 is 11.3 Å². The molecule has 0 radical (unpaired) electrons. The molecule has 1 aliphatic carbocycles. The van der Waals surface area contributed by atoms with Gasteiger partial charge in [0.25, 0.3) is 0 Å². The van der Waals surface area contributed by atoms with Gasteiger partial charge in [0.05, 0.1) is 17.2 Å². The first-order valence-corrected chi connectivity index (χ1v) is 6.28. The second kappa shape index (κ2) is 4.10. The Bertz CT molecular complexity index is 344. The molecule has 15 heavy (non-hydrogen) atoms. The third-order valence-corrected chi connectivity index (χ3v) is 3.95. The number of aromatic nitrogens is 1. The lowest BCUT2D eigenvalue weighted by atomic mass is 10.1. The molecule has 0 aliphatic heterocycles. The van der Waals surface area contributed by atoms with Gasteiger partial charge in [-0.2, -0.15) is 0 Å². The van der Waals surface area contributed by atoms with Crippen LogP contribution in [0.3, 0.4) is 0 Å². The van der Waals surface area contributed by atoms with Crippen LogP contribution < -0.4 is 4.90 Å². The fraction of sp³-hybridized carbons (Fsp3) is 0.727. The molecule has 0 amide bonds. The van der Waals surface area contributed by atoms with Gasteiger partial charge in [0.15, 0.2) is 5.13 Å². The van der Waals surface area contributed by atoms with Gasteiger partial charge >= 0.3 is 0 Å². The van der Waals surface area contributed by atoms with Crippen LogP contribution in [0.4, 0.5) is 5.13 Å². The van der Waals surface area contributed by atoms with Crippen molar-refractivity contribution in [1.82, 2.24) is 4.98 Å². The molecule has 2 rings (SSSR count). The summed E-state index contributed by atoms with van der Waals surface area (Å²) in [5.41, 5.74) is 1.06. The first kappa shape index (κ1) is 10.9. The molecule has 1 heterocycles. The van der Waals surface area contributed by atoms with Crippen LogP contribution in [0.5, 0.6) is 0 Å². The maximum Gasteiger partial charge on any atom is 0.185 e. The van der Waals surface area contributed by atoms with Crippen molar-refractivity contribution in [2.75, 3.05) is 11.9 Å². The van der Waals surface area contributed by atoms with Crippen LogP contribution in [0.25, 0.3) is 0 Å². The van der Waals surface area contributed by atoms with E-state index in [1.165, 1.54) is 12.8 Å². The predicted molar refractivity (Wildman–Crippen MR) is 63.6 cm³/mol.